The Hall–Kier alpha value is -1.80. The fourth-order valence-electron chi connectivity index (χ4n) is 1.27. The maximum Gasteiger partial charge on any atom is 0.124 e. The van der Waals surface area contributed by atoms with Crippen LogP contribution in [0.2, 0.25) is 5.02 Å². The van der Waals surface area contributed by atoms with Crippen LogP contribution in [0.3, 0.4) is 0 Å². The second kappa shape index (κ2) is 4.81. The highest BCUT2D eigenvalue weighted by Gasteiger charge is 1.95. The van der Waals surface area contributed by atoms with Crippen molar-refractivity contribution in [2.24, 2.45) is 4.99 Å². The normalized spacial score (nSPS) is 10.8. The molecule has 0 aromatic heterocycles. The monoisotopic (exact) mass is 231 g/mol. The van der Waals surface area contributed by atoms with Crippen molar-refractivity contribution in [1.82, 2.24) is 0 Å². The van der Waals surface area contributed by atoms with Gasteiger partial charge in [-0.3, -0.25) is 4.99 Å². The largest absolute Gasteiger partial charge is 0.507 e. The lowest BCUT2D eigenvalue weighted by Crippen LogP contribution is -1.80. The summed E-state index contributed by atoms with van der Waals surface area (Å²) in [6.45, 7) is 0. The van der Waals surface area contributed by atoms with Crippen LogP contribution in [0.5, 0.6) is 5.75 Å². The Morgan fingerprint density at radius 3 is 2.38 bits per heavy atom. The van der Waals surface area contributed by atoms with Gasteiger partial charge < -0.3 is 5.11 Å². The summed E-state index contributed by atoms with van der Waals surface area (Å²) in [7, 11) is 0. The Morgan fingerprint density at radius 1 is 1.00 bits per heavy atom. The summed E-state index contributed by atoms with van der Waals surface area (Å²) < 4.78 is 0. The molecule has 0 amide bonds. The number of halogens is 1. The van der Waals surface area contributed by atoms with E-state index in [0.717, 1.165) is 5.69 Å². The number of para-hydroxylation sites is 1. The number of hydrogen-bond acceptors (Lipinski definition) is 2. The number of aliphatic imine (C=N–C) groups is 1. The van der Waals surface area contributed by atoms with Gasteiger partial charge in [0.2, 0.25) is 0 Å². The van der Waals surface area contributed by atoms with Crippen LogP contribution < -0.4 is 0 Å². The molecule has 0 aliphatic heterocycles. The summed E-state index contributed by atoms with van der Waals surface area (Å²) in [5.41, 5.74) is 1.49. The third-order valence-electron chi connectivity index (χ3n) is 2.12. The zero-order valence-corrected chi connectivity index (χ0v) is 9.22. The Morgan fingerprint density at radius 2 is 1.69 bits per heavy atom. The summed E-state index contributed by atoms with van der Waals surface area (Å²) >= 11 is 5.76. The molecule has 0 bridgehead atoms. The van der Waals surface area contributed by atoms with E-state index in [2.05, 4.69) is 4.99 Å². The van der Waals surface area contributed by atoms with Gasteiger partial charge in [0.15, 0.2) is 0 Å². The molecule has 0 atom stereocenters. The van der Waals surface area contributed by atoms with Crippen LogP contribution in [0.1, 0.15) is 5.56 Å². The highest BCUT2D eigenvalue weighted by atomic mass is 35.5. The first kappa shape index (κ1) is 10.7. The number of hydrogen-bond donors (Lipinski definition) is 1. The number of benzene rings is 2. The van der Waals surface area contributed by atoms with Crippen molar-refractivity contribution < 1.29 is 5.11 Å². The van der Waals surface area contributed by atoms with E-state index in [1.165, 1.54) is 0 Å². The molecule has 0 saturated heterocycles. The second-order valence-corrected chi connectivity index (χ2v) is 3.73. The third-order valence-corrected chi connectivity index (χ3v) is 2.37. The van der Waals surface area contributed by atoms with E-state index in [1.54, 1.807) is 36.5 Å². The first-order chi connectivity index (χ1) is 7.75. The predicted molar refractivity (Wildman–Crippen MR) is 66.8 cm³/mol. The van der Waals surface area contributed by atoms with E-state index in [4.69, 9.17) is 11.6 Å². The number of nitrogens with zero attached hydrogens (tertiary/aromatic N) is 1. The van der Waals surface area contributed by atoms with Gasteiger partial charge in [-0.25, -0.2) is 0 Å². The van der Waals surface area contributed by atoms with Gasteiger partial charge in [0.05, 0.1) is 5.69 Å². The van der Waals surface area contributed by atoms with Crippen LogP contribution in [0.4, 0.5) is 5.69 Å². The zero-order chi connectivity index (χ0) is 11.4. The zero-order valence-electron chi connectivity index (χ0n) is 8.47. The van der Waals surface area contributed by atoms with Gasteiger partial charge in [-0.1, -0.05) is 23.7 Å². The molecular weight excluding hydrogens is 222 g/mol. The molecule has 2 rings (SSSR count). The average molecular weight is 232 g/mol. The standard InChI is InChI=1S/C13H10ClNO/c14-11-5-7-12(8-6-11)15-9-10-3-1-2-4-13(10)16/h1-9,16H/b15-9+. The van der Waals surface area contributed by atoms with Gasteiger partial charge >= 0.3 is 0 Å². The first-order valence-corrected chi connectivity index (χ1v) is 5.21. The van der Waals surface area contributed by atoms with E-state index in [9.17, 15) is 5.11 Å². The summed E-state index contributed by atoms with van der Waals surface area (Å²) in [4.78, 5) is 4.23. The SMILES string of the molecule is Oc1ccccc1/C=N/c1ccc(Cl)cc1. The second-order valence-electron chi connectivity index (χ2n) is 3.29. The van der Waals surface area contributed by atoms with Gasteiger partial charge in [0, 0.05) is 16.8 Å². The van der Waals surface area contributed by atoms with Gasteiger partial charge in [-0.15, -0.1) is 0 Å². The Bertz CT molecular complexity index is 506. The van der Waals surface area contributed by atoms with Crippen molar-refractivity contribution in [2.45, 2.75) is 0 Å². The minimum absolute atomic E-state index is 0.222. The fraction of sp³-hybridized carbons (Fsp3) is 0. The van der Waals surface area contributed by atoms with Gasteiger partial charge in [-0.05, 0) is 36.4 Å². The molecule has 2 aromatic rings. The molecule has 0 aliphatic rings. The van der Waals surface area contributed by atoms with Crippen molar-refractivity contribution >= 4 is 23.5 Å². The predicted octanol–water partition coefficient (Wildman–Crippen LogP) is 3.80. The van der Waals surface area contributed by atoms with E-state index in [-0.39, 0.29) is 5.75 Å². The van der Waals surface area contributed by atoms with E-state index >= 15 is 0 Å². The molecule has 0 heterocycles. The molecule has 1 N–H and O–H groups in total. The number of phenols is 1. The van der Waals surface area contributed by atoms with E-state index in [1.807, 2.05) is 18.2 Å². The molecular formula is C13H10ClNO. The lowest BCUT2D eigenvalue weighted by molar-refractivity contribution is 0.474. The van der Waals surface area contributed by atoms with Crippen molar-refractivity contribution in [2.75, 3.05) is 0 Å². The quantitative estimate of drug-likeness (QED) is 0.784. The smallest absolute Gasteiger partial charge is 0.124 e. The van der Waals surface area contributed by atoms with Gasteiger partial charge in [0.1, 0.15) is 5.75 Å². The van der Waals surface area contributed by atoms with Crippen molar-refractivity contribution in [3.05, 3.63) is 59.1 Å². The van der Waals surface area contributed by atoms with Gasteiger partial charge in [0.25, 0.3) is 0 Å². The Kier molecular flexibility index (Phi) is 3.22. The molecule has 0 fully saturated rings. The molecule has 0 spiro atoms. The van der Waals surface area contributed by atoms with Crippen LogP contribution in [-0.2, 0) is 0 Å². The highest BCUT2D eigenvalue weighted by Crippen LogP contribution is 2.18. The number of rotatable bonds is 2. The molecule has 2 nitrogen and oxygen atoms in total. The van der Waals surface area contributed by atoms with Crippen molar-refractivity contribution in [1.29, 1.82) is 0 Å². The molecule has 0 aliphatic carbocycles. The maximum atomic E-state index is 9.52. The summed E-state index contributed by atoms with van der Waals surface area (Å²) in [5, 5.41) is 10.2. The lowest BCUT2D eigenvalue weighted by Gasteiger charge is -1.97. The summed E-state index contributed by atoms with van der Waals surface area (Å²) in [6, 6.07) is 14.2. The van der Waals surface area contributed by atoms with Gasteiger partial charge in [-0.2, -0.15) is 0 Å². The topological polar surface area (TPSA) is 32.6 Å². The summed E-state index contributed by atoms with van der Waals surface area (Å²) in [6.07, 6.45) is 1.62. The van der Waals surface area contributed by atoms with Crippen molar-refractivity contribution in [3.63, 3.8) is 0 Å². The fourth-order valence-corrected chi connectivity index (χ4v) is 1.39. The molecule has 80 valence electrons. The Balaban J connectivity index is 2.21. The van der Waals surface area contributed by atoms with E-state index < -0.39 is 0 Å². The van der Waals surface area contributed by atoms with Crippen LogP contribution in [0.15, 0.2) is 53.5 Å². The minimum atomic E-state index is 0.222. The maximum absolute atomic E-state index is 9.52. The number of aromatic hydroxyl groups is 1. The van der Waals surface area contributed by atoms with Crippen molar-refractivity contribution in [3.8, 4) is 5.75 Å². The minimum Gasteiger partial charge on any atom is -0.507 e. The average Bonchev–Trinajstić information content (AvgIpc) is 2.30. The Labute approximate surface area is 98.8 Å². The molecule has 3 heteroatoms. The molecule has 2 aromatic carbocycles. The van der Waals surface area contributed by atoms with E-state index in [0.29, 0.717) is 10.6 Å². The number of phenolic OH excluding ortho intramolecular Hbond substituents is 1. The van der Waals surface area contributed by atoms with Crippen LogP contribution in [0, 0.1) is 0 Å². The molecule has 16 heavy (non-hydrogen) atoms. The molecule has 0 radical (unpaired) electrons. The third kappa shape index (κ3) is 2.61. The van der Waals surface area contributed by atoms with Crippen LogP contribution >= 0.6 is 11.6 Å². The van der Waals surface area contributed by atoms with Crippen LogP contribution in [0.25, 0.3) is 0 Å². The van der Waals surface area contributed by atoms with Crippen LogP contribution in [-0.4, -0.2) is 11.3 Å². The summed E-state index contributed by atoms with van der Waals surface area (Å²) in [5.74, 6) is 0.222. The molecule has 0 saturated carbocycles. The molecule has 0 unspecified atom stereocenters. The lowest BCUT2D eigenvalue weighted by atomic mass is 10.2. The first-order valence-electron chi connectivity index (χ1n) is 4.83. The highest BCUT2D eigenvalue weighted by molar-refractivity contribution is 6.30.